The number of fused-ring (bicyclic) bond motifs is 1. The minimum Gasteiger partial charge on any atom is -0.508 e. The number of hydrogen-bond acceptors (Lipinski definition) is 9. The highest BCUT2D eigenvalue weighted by Crippen LogP contribution is 2.42. The van der Waals surface area contributed by atoms with Crippen LogP contribution in [0.5, 0.6) is 11.5 Å². The van der Waals surface area contributed by atoms with Crippen molar-refractivity contribution in [3.63, 3.8) is 0 Å². The highest BCUT2D eigenvalue weighted by atomic mass is 16.6. The second-order valence-electron chi connectivity index (χ2n) is 7.15. The molecule has 30 heavy (non-hydrogen) atoms. The van der Waals surface area contributed by atoms with Crippen LogP contribution < -0.4 is 5.43 Å². The van der Waals surface area contributed by atoms with Gasteiger partial charge in [0.05, 0.1) is 23.1 Å². The van der Waals surface area contributed by atoms with E-state index in [4.69, 9.17) is 14.3 Å². The fraction of sp³-hybridized carbons (Fsp3) is 0.286. The Labute approximate surface area is 169 Å². The second-order valence-corrected chi connectivity index (χ2v) is 7.15. The van der Waals surface area contributed by atoms with E-state index in [1.54, 1.807) is 12.1 Å². The summed E-state index contributed by atoms with van der Waals surface area (Å²) < 4.78 is 11.2. The fourth-order valence-electron chi connectivity index (χ4n) is 3.69. The van der Waals surface area contributed by atoms with Crippen LogP contribution in [0.4, 0.5) is 0 Å². The molecule has 1 fully saturated rings. The molecule has 0 unspecified atom stereocenters. The molecule has 0 aliphatic carbocycles. The maximum Gasteiger partial charge on any atom is 0.200 e. The zero-order valence-corrected chi connectivity index (χ0v) is 15.5. The summed E-state index contributed by atoms with van der Waals surface area (Å²) in [5, 5.41) is 59.5. The van der Waals surface area contributed by atoms with Gasteiger partial charge in [0.1, 0.15) is 53.9 Å². The lowest BCUT2D eigenvalue weighted by atomic mass is 9.96. The zero-order chi connectivity index (χ0) is 21.6. The van der Waals surface area contributed by atoms with Crippen molar-refractivity contribution in [2.75, 3.05) is 6.61 Å². The summed E-state index contributed by atoms with van der Waals surface area (Å²) in [5.74, 6) is -0.292. The van der Waals surface area contributed by atoms with Crippen molar-refractivity contribution in [1.82, 2.24) is 0 Å². The number of benzene rings is 2. The Hall–Kier alpha value is -2.95. The fourth-order valence-corrected chi connectivity index (χ4v) is 3.69. The average Bonchev–Trinajstić information content (AvgIpc) is 3.03. The van der Waals surface area contributed by atoms with E-state index in [9.17, 15) is 30.3 Å². The first-order valence-corrected chi connectivity index (χ1v) is 9.20. The van der Waals surface area contributed by atoms with E-state index in [2.05, 4.69) is 0 Å². The van der Waals surface area contributed by atoms with Gasteiger partial charge < -0.3 is 39.8 Å². The number of aromatic hydroxyl groups is 2. The van der Waals surface area contributed by atoms with E-state index in [1.165, 1.54) is 30.5 Å². The number of phenols is 2. The van der Waals surface area contributed by atoms with Crippen LogP contribution in [-0.2, 0) is 4.74 Å². The smallest absolute Gasteiger partial charge is 0.200 e. The highest BCUT2D eigenvalue weighted by Gasteiger charge is 2.48. The van der Waals surface area contributed by atoms with Gasteiger partial charge in [-0.1, -0.05) is 12.1 Å². The van der Waals surface area contributed by atoms with Crippen molar-refractivity contribution in [3.05, 3.63) is 58.4 Å². The van der Waals surface area contributed by atoms with Gasteiger partial charge in [-0.2, -0.15) is 0 Å². The van der Waals surface area contributed by atoms with Gasteiger partial charge in [-0.05, 0) is 29.8 Å². The Bertz CT molecular complexity index is 1120. The molecule has 1 aliphatic rings. The third-order valence-corrected chi connectivity index (χ3v) is 5.29. The molecule has 9 nitrogen and oxygen atoms in total. The molecular formula is C21H20O9. The SMILES string of the molecule is O=c1c(-c2ccc(O)cc2)coc2c([C@H]3O[C@H]([C@@H](O)CO)[C@H](O)[C@H]3O)c(O)ccc12. The Kier molecular flexibility index (Phi) is 5.22. The van der Waals surface area contributed by atoms with Gasteiger partial charge >= 0.3 is 0 Å². The molecule has 158 valence electrons. The van der Waals surface area contributed by atoms with E-state index in [1.807, 2.05) is 0 Å². The van der Waals surface area contributed by atoms with Crippen molar-refractivity contribution in [1.29, 1.82) is 0 Å². The normalized spacial score (nSPS) is 24.9. The van der Waals surface area contributed by atoms with Crippen LogP contribution in [0.3, 0.4) is 0 Å². The summed E-state index contributed by atoms with van der Waals surface area (Å²) in [4.78, 5) is 13.0. The molecule has 1 aliphatic heterocycles. The van der Waals surface area contributed by atoms with Crippen LogP contribution in [0.25, 0.3) is 22.1 Å². The summed E-state index contributed by atoms with van der Waals surface area (Å²) in [5.41, 5.74) is 0.222. The number of ether oxygens (including phenoxy) is 1. The molecule has 6 N–H and O–H groups in total. The van der Waals surface area contributed by atoms with Gasteiger partial charge in [0.25, 0.3) is 0 Å². The van der Waals surface area contributed by atoms with Crippen molar-refractivity contribution in [3.8, 4) is 22.6 Å². The molecular weight excluding hydrogens is 396 g/mol. The summed E-state index contributed by atoms with van der Waals surface area (Å²) >= 11 is 0. The first kappa shape index (κ1) is 20.3. The molecule has 9 heteroatoms. The molecule has 0 bridgehead atoms. The molecule has 2 aromatic carbocycles. The topological polar surface area (TPSA) is 161 Å². The molecule has 2 heterocycles. The minimum atomic E-state index is -1.55. The van der Waals surface area contributed by atoms with Gasteiger partial charge in [-0.25, -0.2) is 0 Å². The summed E-state index contributed by atoms with van der Waals surface area (Å²) in [6.45, 7) is -0.701. The number of rotatable bonds is 4. The highest BCUT2D eigenvalue weighted by molar-refractivity contribution is 5.86. The lowest BCUT2D eigenvalue weighted by Crippen LogP contribution is -2.40. The molecule has 0 saturated carbocycles. The molecule has 3 aromatic rings. The average molecular weight is 416 g/mol. The first-order chi connectivity index (χ1) is 14.3. The van der Waals surface area contributed by atoms with E-state index < -0.39 is 42.6 Å². The van der Waals surface area contributed by atoms with Gasteiger partial charge in [-0.15, -0.1) is 0 Å². The van der Waals surface area contributed by atoms with E-state index in [0.717, 1.165) is 0 Å². The van der Waals surface area contributed by atoms with Crippen LogP contribution >= 0.6 is 0 Å². The third-order valence-electron chi connectivity index (χ3n) is 5.29. The van der Waals surface area contributed by atoms with Crippen molar-refractivity contribution >= 4 is 11.0 Å². The van der Waals surface area contributed by atoms with Crippen molar-refractivity contribution in [2.45, 2.75) is 30.5 Å². The molecule has 1 aromatic heterocycles. The molecule has 0 spiro atoms. The van der Waals surface area contributed by atoms with Crippen LogP contribution in [0, 0.1) is 0 Å². The Morgan fingerprint density at radius 1 is 1.00 bits per heavy atom. The molecule has 0 radical (unpaired) electrons. The summed E-state index contributed by atoms with van der Waals surface area (Å²) in [6, 6.07) is 8.57. The molecule has 1 saturated heterocycles. The Balaban J connectivity index is 1.84. The van der Waals surface area contributed by atoms with Gasteiger partial charge in [0, 0.05) is 0 Å². The molecule has 0 amide bonds. The molecule has 5 atom stereocenters. The molecule has 4 rings (SSSR count). The van der Waals surface area contributed by atoms with E-state index in [0.29, 0.717) is 5.56 Å². The quantitative estimate of drug-likeness (QED) is 0.353. The lowest BCUT2D eigenvalue weighted by molar-refractivity contribution is -0.0822. The maximum atomic E-state index is 13.0. The third kappa shape index (κ3) is 3.22. The second kappa shape index (κ2) is 7.71. The van der Waals surface area contributed by atoms with Crippen molar-refractivity contribution < 1.29 is 39.8 Å². The summed E-state index contributed by atoms with van der Waals surface area (Å²) in [6.07, 6.45) is -5.95. The van der Waals surface area contributed by atoms with Crippen LogP contribution in [0.2, 0.25) is 0 Å². The standard InChI is InChI=1S/C21H20O9/c22-7-14(25)20-17(27)18(28)21(30-20)15-13(24)6-5-11-16(26)12(8-29-19(11)15)9-1-3-10(23)4-2-9/h1-6,8,14,17-18,20-25,27-28H,7H2/t14-,17+,18+,20+,21+/m0/s1. The number of aliphatic hydroxyl groups is 4. The predicted molar refractivity (Wildman–Crippen MR) is 104 cm³/mol. The number of phenolic OH excluding ortho intramolecular Hbond substituents is 2. The van der Waals surface area contributed by atoms with Crippen molar-refractivity contribution in [2.24, 2.45) is 0 Å². The minimum absolute atomic E-state index is 0.0432. The van der Waals surface area contributed by atoms with Gasteiger partial charge in [-0.3, -0.25) is 4.79 Å². The van der Waals surface area contributed by atoms with Gasteiger partial charge in [0.2, 0.25) is 5.43 Å². The largest absolute Gasteiger partial charge is 0.508 e. The zero-order valence-electron chi connectivity index (χ0n) is 15.5. The lowest BCUT2D eigenvalue weighted by Gasteiger charge is -2.19. The van der Waals surface area contributed by atoms with Crippen LogP contribution in [0.15, 0.2) is 51.9 Å². The monoisotopic (exact) mass is 416 g/mol. The number of hydrogen-bond donors (Lipinski definition) is 6. The number of aliphatic hydroxyl groups excluding tert-OH is 4. The maximum absolute atomic E-state index is 13.0. The van der Waals surface area contributed by atoms with E-state index in [-0.39, 0.29) is 33.6 Å². The Morgan fingerprint density at radius 3 is 2.37 bits per heavy atom. The van der Waals surface area contributed by atoms with Crippen LogP contribution in [-0.4, -0.2) is 61.7 Å². The first-order valence-electron chi connectivity index (χ1n) is 9.20. The van der Waals surface area contributed by atoms with E-state index >= 15 is 0 Å². The predicted octanol–water partition coefficient (Wildman–Crippen LogP) is 0.386. The summed E-state index contributed by atoms with van der Waals surface area (Å²) in [7, 11) is 0. The van der Waals surface area contributed by atoms with Gasteiger partial charge in [0.15, 0.2) is 0 Å². The van der Waals surface area contributed by atoms with Crippen LogP contribution in [0.1, 0.15) is 11.7 Å². The Morgan fingerprint density at radius 2 is 1.70 bits per heavy atom.